The maximum atomic E-state index is 11.8. The number of thioether (sulfide) groups is 1. The number of aliphatic carboxylic acids is 1. The number of rotatable bonds is 6. The van der Waals surface area contributed by atoms with Gasteiger partial charge in [0.05, 0.1) is 11.0 Å². The van der Waals surface area contributed by atoms with E-state index in [-0.39, 0.29) is 12.1 Å². The molecule has 0 heterocycles. The van der Waals surface area contributed by atoms with Crippen LogP contribution in [0, 0.1) is 5.41 Å². The van der Waals surface area contributed by atoms with Gasteiger partial charge in [0, 0.05) is 11.8 Å². The van der Waals surface area contributed by atoms with E-state index in [1.807, 2.05) is 13.2 Å². The van der Waals surface area contributed by atoms with E-state index in [1.54, 1.807) is 39.5 Å². The summed E-state index contributed by atoms with van der Waals surface area (Å²) < 4.78 is 0. The average Bonchev–Trinajstić information content (AvgIpc) is 2.15. The Morgan fingerprint density at radius 1 is 1.28 bits per heavy atom. The van der Waals surface area contributed by atoms with Gasteiger partial charge in [-0.1, -0.05) is 0 Å². The summed E-state index contributed by atoms with van der Waals surface area (Å²) in [4.78, 5) is 23.0. The fourth-order valence-corrected chi connectivity index (χ4v) is 1.84. The van der Waals surface area contributed by atoms with Crippen molar-refractivity contribution in [3.63, 3.8) is 0 Å². The molecule has 1 atom stereocenters. The molecule has 0 saturated carbocycles. The van der Waals surface area contributed by atoms with Gasteiger partial charge in [0.25, 0.3) is 0 Å². The van der Waals surface area contributed by atoms with Gasteiger partial charge in [-0.05, 0) is 40.9 Å². The first-order chi connectivity index (χ1) is 8.04. The molecule has 0 rings (SSSR count). The highest BCUT2D eigenvalue weighted by molar-refractivity contribution is 7.98. The average molecular weight is 276 g/mol. The number of carboxylic acids is 1. The minimum atomic E-state index is -1.05. The molecule has 2 amide bonds. The fraction of sp³-hybridized carbons (Fsp3) is 0.833. The van der Waals surface area contributed by atoms with Crippen LogP contribution in [0.4, 0.5) is 4.79 Å². The van der Waals surface area contributed by atoms with Gasteiger partial charge in [-0.2, -0.15) is 11.8 Å². The summed E-state index contributed by atoms with van der Waals surface area (Å²) in [6.07, 6.45) is 1.97. The van der Waals surface area contributed by atoms with Crippen molar-refractivity contribution in [1.82, 2.24) is 10.6 Å². The van der Waals surface area contributed by atoms with E-state index in [4.69, 9.17) is 0 Å². The van der Waals surface area contributed by atoms with Gasteiger partial charge in [0.2, 0.25) is 0 Å². The second-order valence-corrected chi connectivity index (χ2v) is 6.42. The van der Waals surface area contributed by atoms with Crippen LogP contribution < -0.4 is 10.6 Å². The minimum absolute atomic E-state index is 0.0451. The summed E-state index contributed by atoms with van der Waals surface area (Å²) in [6.45, 7) is 8.52. The Labute approximate surface area is 113 Å². The molecule has 0 aliphatic rings. The highest BCUT2D eigenvalue weighted by Gasteiger charge is 2.44. The van der Waals surface area contributed by atoms with Crippen molar-refractivity contribution >= 4 is 23.8 Å². The summed E-state index contributed by atoms with van der Waals surface area (Å²) in [5.41, 5.74) is -1.89. The van der Waals surface area contributed by atoms with Crippen molar-refractivity contribution in [2.24, 2.45) is 5.41 Å². The first-order valence-electron chi connectivity index (χ1n) is 5.85. The van der Waals surface area contributed by atoms with Crippen molar-refractivity contribution in [2.45, 2.75) is 46.2 Å². The predicted molar refractivity (Wildman–Crippen MR) is 75.0 cm³/mol. The van der Waals surface area contributed by atoms with Gasteiger partial charge in [-0.25, -0.2) is 4.79 Å². The summed E-state index contributed by atoms with van der Waals surface area (Å²) >= 11 is 1.64. The van der Waals surface area contributed by atoms with Crippen LogP contribution in [0.3, 0.4) is 0 Å². The van der Waals surface area contributed by atoms with Crippen molar-refractivity contribution in [3.8, 4) is 0 Å². The molecule has 0 aliphatic heterocycles. The third kappa shape index (κ3) is 4.40. The molecule has 106 valence electrons. The predicted octanol–water partition coefficient (Wildman–Crippen LogP) is 1.93. The summed E-state index contributed by atoms with van der Waals surface area (Å²) in [5.74, 6) is -0.124. The standard InChI is InChI=1S/C12H24N2O3S/c1-8(7-18-6)13-10(17)14-12(4,5)11(2,3)9(15)16/h8H,7H2,1-6H3,(H,15,16)(H2,13,14,17). The maximum Gasteiger partial charge on any atom is 0.315 e. The number of carbonyl (C=O) groups excluding carboxylic acids is 1. The Bertz CT molecular complexity index is 316. The van der Waals surface area contributed by atoms with Crippen LogP contribution in [-0.4, -0.2) is 40.7 Å². The van der Waals surface area contributed by atoms with Crippen LogP contribution in [0.2, 0.25) is 0 Å². The molecule has 0 spiro atoms. The Morgan fingerprint density at radius 2 is 1.78 bits per heavy atom. The quantitative estimate of drug-likeness (QED) is 0.692. The Hall–Kier alpha value is -0.910. The van der Waals surface area contributed by atoms with E-state index in [9.17, 15) is 14.7 Å². The van der Waals surface area contributed by atoms with Crippen LogP contribution in [0.5, 0.6) is 0 Å². The largest absolute Gasteiger partial charge is 0.481 e. The van der Waals surface area contributed by atoms with E-state index >= 15 is 0 Å². The van der Waals surface area contributed by atoms with E-state index in [0.29, 0.717) is 0 Å². The number of nitrogens with one attached hydrogen (secondary N) is 2. The van der Waals surface area contributed by atoms with Crippen LogP contribution in [0.1, 0.15) is 34.6 Å². The molecule has 0 bridgehead atoms. The molecule has 6 heteroatoms. The normalized spacial score (nSPS) is 13.9. The van der Waals surface area contributed by atoms with Crippen LogP contribution in [0.25, 0.3) is 0 Å². The summed E-state index contributed by atoms with van der Waals surface area (Å²) in [5, 5.41) is 14.7. The number of carbonyl (C=O) groups is 2. The minimum Gasteiger partial charge on any atom is -0.481 e. The molecule has 1 unspecified atom stereocenters. The number of urea groups is 1. The lowest BCUT2D eigenvalue weighted by atomic mass is 9.74. The SMILES string of the molecule is CSCC(C)NC(=O)NC(C)(C)C(C)(C)C(=O)O. The van der Waals surface area contributed by atoms with Gasteiger partial charge in [0.1, 0.15) is 0 Å². The zero-order chi connectivity index (χ0) is 14.6. The zero-order valence-electron chi connectivity index (χ0n) is 12.0. The lowest BCUT2D eigenvalue weighted by molar-refractivity contribution is -0.150. The monoisotopic (exact) mass is 276 g/mol. The second-order valence-electron chi connectivity index (χ2n) is 5.51. The Morgan fingerprint density at radius 3 is 2.17 bits per heavy atom. The molecule has 5 nitrogen and oxygen atoms in total. The van der Waals surface area contributed by atoms with Crippen molar-refractivity contribution in [2.75, 3.05) is 12.0 Å². The van der Waals surface area contributed by atoms with Crippen molar-refractivity contribution in [1.29, 1.82) is 0 Å². The highest BCUT2D eigenvalue weighted by Crippen LogP contribution is 2.30. The van der Waals surface area contributed by atoms with Gasteiger partial charge in [-0.3, -0.25) is 4.79 Å². The molecule has 0 aromatic heterocycles. The molecule has 0 saturated heterocycles. The lowest BCUT2D eigenvalue weighted by Gasteiger charge is -2.38. The summed E-state index contributed by atoms with van der Waals surface area (Å²) in [6, 6.07) is -0.292. The van der Waals surface area contributed by atoms with Crippen LogP contribution in [0.15, 0.2) is 0 Å². The van der Waals surface area contributed by atoms with Crippen molar-refractivity contribution in [3.05, 3.63) is 0 Å². The van der Waals surface area contributed by atoms with Gasteiger partial charge >= 0.3 is 12.0 Å². The molecule has 0 aliphatic carbocycles. The van der Waals surface area contributed by atoms with E-state index in [1.165, 1.54) is 0 Å². The number of hydrogen-bond acceptors (Lipinski definition) is 3. The molecular formula is C12H24N2O3S. The highest BCUT2D eigenvalue weighted by atomic mass is 32.2. The number of amides is 2. The second kappa shape index (κ2) is 6.31. The Balaban J connectivity index is 4.59. The maximum absolute atomic E-state index is 11.8. The van der Waals surface area contributed by atoms with Gasteiger partial charge in [0.15, 0.2) is 0 Å². The van der Waals surface area contributed by atoms with Gasteiger partial charge < -0.3 is 15.7 Å². The molecule has 0 radical (unpaired) electrons. The molecular weight excluding hydrogens is 252 g/mol. The fourth-order valence-electron chi connectivity index (χ4n) is 1.26. The van der Waals surface area contributed by atoms with E-state index in [0.717, 1.165) is 5.75 Å². The number of hydrogen-bond donors (Lipinski definition) is 3. The first kappa shape index (κ1) is 17.1. The van der Waals surface area contributed by atoms with E-state index in [2.05, 4.69) is 10.6 Å². The summed E-state index contributed by atoms with van der Waals surface area (Å²) in [7, 11) is 0. The molecule has 0 fully saturated rings. The molecule has 18 heavy (non-hydrogen) atoms. The topological polar surface area (TPSA) is 78.4 Å². The van der Waals surface area contributed by atoms with Crippen LogP contribution in [-0.2, 0) is 4.79 Å². The third-order valence-electron chi connectivity index (χ3n) is 3.32. The van der Waals surface area contributed by atoms with Crippen molar-refractivity contribution < 1.29 is 14.7 Å². The third-order valence-corrected chi connectivity index (χ3v) is 4.15. The molecule has 3 N–H and O–H groups in total. The molecule has 0 aromatic rings. The zero-order valence-corrected chi connectivity index (χ0v) is 12.8. The number of carboxylic acid groups (broad SMARTS) is 1. The van der Waals surface area contributed by atoms with Crippen LogP contribution >= 0.6 is 11.8 Å². The Kier molecular flexibility index (Phi) is 5.99. The van der Waals surface area contributed by atoms with E-state index < -0.39 is 16.9 Å². The van der Waals surface area contributed by atoms with Gasteiger partial charge in [-0.15, -0.1) is 0 Å². The lowest BCUT2D eigenvalue weighted by Crippen LogP contribution is -2.59. The smallest absolute Gasteiger partial charge is 0.315 e. The molecule has 0 aromatic carbocycles. The first-order valence-corrected chi connectivity index (χ1v) is 7.25.